The third kappa shape index (κ3) is 2.63. The number of nitrogens with zero attached hydrogens (tertiary/aromatic N) is 1. The van der Waals surface area contributed by atoms with E-state index in [0.717, 1.165) is 28.8 Å². The van der Waals surface area contributed by atoms with Crippen molar-refractivity contribution in [1.29, 1.82) is 0 Å². The second-order valence-electron chi connectivity index (χ2n) is 6.15. The van der Waals surface area contributed by atoms with Gasteiger partial charge in [-0.1, -0.05) is 39.0 Å². The molecule has 0 saturated heterocycles. The minimum absolute atomic E-state index is 0.175. The van der Waals surface area contributed by atoms with Crippen LogP contribution in [0.2, 0.25) is 0 Å². The van der Waals surface area contributed by atoms with E-state index in [1.165, 1.54) is 0 Å². The molecule has 106 valence electrons. The monoisotopic (exact) mass is 271 g/mol. The van der Waals surface area contributed by atoms with Crippen LogP contribution in [0.25, 0.3) is 11.3 Å². The molecule has 0 fully saturated rings. The summed E-state index contributed by atoms with van der Waals surface area (Å²) in [5, 5.41) is 0. The Morgan fingerprint density at radius 1 is 1.20 bits per heavy atom. The van der Waals surface area contributed by atoms with Gasteiger partial charge in [-0.25, -0.2) is 4.57 Å². The first-order valence-electron chi connectivity index (χ1n) is 8.68. The van der Waals surface area contributed by atoms with Crippen molar-refractivity contribution in [1.82, 2.24) is 0 Å². The molecule has 2 aromatic rings. The zero-order chi connectivity index (χ0) is 17.4. The number of aromatic nitrogens is 1. The molecule has 1 nitrogen and oxygen atoms in total. The molecule has 0 aliphatic carbocycles. The summed E-state index contributed by atoms with van der Waals surface area (Å²) in [4.78, 5) is 0. The molecule has 2 rings (SSSR count). The second-order valence-corrected chi connectivity index (χ2v) is 6.15. The van der Waals surface area contributed by atoms with E-state index < -0.39 is 6.85 Å². The minimum atomic E-state index is -2.12. The van der Waals surface area contributed by atoms with E-state index in [1.54, 1.807) is 0 Å². The lowest BCUT2D eigenvalue weighted by molar-refractivity contribution is -0.661. The van der Waals surface area contributed by atoms with Gasteiger partial charge in [-0.05, 0) is 42.8 Å². The van der Waals surface area contributed by atoms with E-state index in [1.807, 2.05) is 55.1 Å². The Kier molecular flexibility index (Phi) is 2.99. The summed E-state index contributed by atoms with van der Waals surface area (Å²) in [6, 6.07) is 9.92. The zero-order valence-corrected chi connectivity index (χ0v) is 13.1. The number of hydrogen-bond acceptors (Lipinski definition) is 0. The fraction of sp³-hybridized carbons (Fsp3) is 0.421. The second kappa shape index (κ2) is 5.40. The van der Waals surface area contributed by atoms with Gasteiger partial charge in [0, 0.05) is 21.3 Å². The van der Waals surface area contributed by atoms with Gasteiger partial charge in [-0.15, -0.1) is 0 Å². The van der Waals surface area contributed by atoms with Gasteiger partial charge >= 0.3 is 0 Å². The van der Waals surface area contributed by atoms with Crippen molar-refractivity contribution < 1.29 is 8.68 Å². The molecule has 0 aliphatic heterocycles. The zero-order valence-electron chi connectivity index (χ0n) is 16.1. The van der Waals surface area contributed by atoms with Gasteiger partial charge in [0.25, 0.3) is 0 Å². The van der Waals surface area contributed by atoms with Crippen LogP contribution in [0.1, 0.15) is 48.0 Å². The lowest BCUT2D eigenvalue weighted by atomic mass is 9.80. The first-order valence-corrected chi connectivity index (χ1v) is 7.18. The molecule has 0 radical (unpaired) electrons. The lowest BCUT2D eigenvalue weighted by Crippen LogP contribution is -2.34. The summed E-state index contributed by atoms with van der Waals surface area (Å²) >= 11 is 0. The van der Waals surface area contributed by atoms with Crippen molar-refractivity contribution in [3.8, 4) is 11.3 Å². The first-order chi connectivity index (χ1) is 10.6. The quantitative estimate of drug-likeness (QED) is 0.725. The van der Waals surface area contributed by atoms with Gasteiger partial charge < -0.3 is 0 Å². The molecule has 0 N–H and O–H groups in total. The van der Waals surface area contributed by atoms with E-state index >= 15 is 0 Å². The third-order valence-electron chi connectivity index (χ3n) is 4.31. The van der Waals surface area contributed by atoms with Gasteiger partial charge in [0.1, 0.15) is 7.05 Å². The summed E-state index contributed by atoms with van der Waals surface area (Å²) in [6.45, 7) is 6.23. The molecule has 1 aromatic heterocycles. The molecule has 20 heavy (non-hydrogen) atoms. The molecule has 0 unspecified atom stereocenters. The molecular formula is C19H26N+. The van der Waals surface area contributed by atoms with Crippen LogP contribution in [0.3, 0.4) is 0 Å². The van der Waals surface area contributed by atoms with Gasteiger partial charge in [-0.2, -0.15) is 0 Å². The van der Waals surface area contributed by atoms with Gasteiger partial charge in [0.05, 0.1) is 0 Å². The van der Waals surface area contributed by atoms with Crippen LogP contribution in [0.4, 0.5) is 0 Å². The van der Waals surface area contributed by atoms with Crippen molar-refractivity contribution in [2.75, 3.05) is 0 Å². The standard InChI is InChI=1S/C19H26N/c1-7-19(4,5)17-13-20(6)18(12-15(17)3)16-11-9-8-10-14(16)2/h8-13H,7H2,1-6H3/q+1/i3D3. The molecular weight excluding hydrogens is 242 g/mol. The summed E-state index contributed by atoms with van der Waals surface area (Å²) in [5.41, 5.74) is 4.33. The summed E-state index contributed by atoms with van der Waals surface area (Å²) in [5.74, 6) is 0. The van der Waals surface area contributed by atoms with E-state index in [0.29, 0.717) is 5.56 Å². The highest BCUT2D eigenvalue weighted by Crippen LogP contribution is 2.30. The first kappa shape index (κ1) is 11.1. The third-order valence-corrected chi connectivity index (χ3v) is 4.31. The number of aryl methyl sites for hydroxylation is 3. The highest BCUT2D eigenvalue weighted by atomic mass is 14.9. The average molecular weight is 271 g/mol. The average Bonchev–Trinajstić information content (AvgIpc) is 2.46. The number of hydrogen-bond donors (Lipinski definition) is 0. The minimum Gasteiger partial charge on any atom is -0.201 e. The number of rotatable bonds is 3. The van der Waals surface area contributed by atoms with Crippen LogP contribution in [-0.4, -0.2) is 0 Å². The van der Waals surface area contributed by atoms with Crippen LogP contribution >= 0.6 is 0 Å². The molecule has 0 atom stereocenters. The molecule has 0 aliphatic rings. The Labute approximate surface area is 127 Å². The molecule has 0 amide bonds. The maximum atomic E-state index is 7.98. The maximum Gasteiger partial charge on any atom is 0.212 e. The number of pyridine rings is 1. The fourth-order valence-corrected chi connectivity index (χ4v) is 2.51. The van der Waals surface area contributed by atoms with Gasteiger partial charge in [0.15, 0.2) is 6.20 Å². The van der Waals surface area contributed by atoms with Crippen LogP contribution < -0.4 is 4.57 Å². The molecule has 0 saturated carbocycles. The fourth-order valence-electron chi connectivity index (χ4n) is 2.51. The van der Waals surface area contributed by atoms with E-state index in [4.69, 9.17) is 4.11 Å². The molecule has 0 bridgehead atoms. The summed E-state index contributed by atoms with van der Waals surface area (Å²) < 4.78 is 26.0. The lowest BCUT2D eigenvalue weighted by Gasteiger charge is -2.24. The van der Waals surface area contributed by atoms with Crippen molar-refractivity contribution in [3.05, 3.63) is 53.2 Å². The van der Waals surface area contributed by atoms with E-state index in [9.17, 15) is 0 Å². The van der Waals surface area contributed by atoms with Crippen molar-refractivity contribution >= 4 is 0 Å². The van der Waals surface area contributed by atoms with Crippen molar-refractivity contribution in [3.63, 3.8) is 0 Å². The predicted molar refractivity (Wildman–Crippen MR) is 85.8 cm³/mol. The van der Waals surface area contributed by atoms with Crippen LogP contribution in [-0.2, 0) is 12.5 Å². The van der Waals surface area contributed by atoms with Crippen LogP contribution in [0.15, 0.2) is 36.5 Å². The molecule has 0 spiro atoms. The topological polar surface area (TPSA) is 3.88 Å². The van der Waals surface area contributed by atoms with Crippen molar-refractivity contribution in [2.24, 2.45) is 7.05 Å². The SMILES string of the molecule is [2H]C([2H])([2H])c1cc(-c2ccccc2C)[n+](C)cc1C(C)(C)CC. The van der Waals surface area contributed by atoms with Crippen LogP contribution in [0, 0.1) is 13.8 Å². The van der Waals surface area contributed by atoms with E-state index in [2.05, 4.69) is 20.8 Å². The Morgan fingerprint density at radius 3 is 2.50 bits per heavy atom. The Bertz CT molecular complexity index is 715. The predicted octanol–water partition coefficient (Wildman–Crippen LogP) is 4.48. The highest BCUT2D eigenvalue weighted by molar-refractivity contribution is 5.61. The normalized spacial score (nSPS) is 14.6. The number of benzene rings is 1. The summed E-state index contributed by atoms with van der Waals surface area (Å²) in [7, 11) is 1.99. The molecule has 1 heteroatoms. The highest BCUT2D eigenvalue weighted by Gasteiger charge is 2.25. The van der Waals surface area contributed by atoms with E-state index in [-0.39, 0.29) is 5.41 Å². The van der Waals surface area contributed by atoms with Crippen LogP contribution in [0.5, 0.6) is 0 Å². The molecule has 1 heterocycles. The maximum absolute atomic E-state index is 7.98. The summed E-state index contributed by atoms with van der Waals surface area (Å²) in [6.07, 6.45) is 2.88. The Morgan fingerprint density at radius 2 is 1.90 bits per heavy atom. The van der Waals surface area contributed by atoms with Crippen molar-refractivity contribution in [2.45, 2.75) is 46.4 Å². The largest absolute Gasteiger partial charge is 0.212 e. The molecule has 1 aromatic carbocycles. The van der Waals surface area contributed by atoms with Gasteiger partial charge in [0.2, 0.25) is 5.69 Å². The Balaban J connectivity index is 2.77. The van der Waals surface area contributed by atoms with Gasteiger partial charge in [-0.3, -0.25) is 0 Å². The Hall–Kier alpha value is -1.63. The smallest absolute Gasteiger partial charge is 0.201 e.